The van der Waals surface area contributed by atoms with Gasteiger partial charge in [-0.15, -0.1) is 0 Å². The van der Waals surface area contributed by atoms with Crippen LogP contribution in [0.25, 0.3) is 6.08 Å². The lowest BCUT2D eigenvalue weighted by atomic mass is 10.1. The van der Waals surface area contributed by atoms with Gasteiger partial charge in [-0.25, -0.2) is 5.43 Å². The van der Waals surface area contributed by atoms with Gasteiger partial charge in [-0.3, -0.25) is 9.59 Å². The smallest absolute Gasteiger partial charge is 0.287 e. The average Bonchev–Trinajstić information content (AvgIpc) is 2.88. The van der Waals surface area contributed by atoms with Crippen LogP contribution in [0.5, 0.6) is 11.5 Å². The number of benzene rings is 3. The van der Waals surface area contributed by atoms with Crippen molar-refractivity contribution in [2.45, 2.75) is 0 Å². The quantitative estimate of drug-likeness (QED) is 0.168. The van der Waals surface area contributed by atoms with Crippen molar-refractivity contribution in [2.75, 3.05) is 26.1 Å². The van der Waals surface area contributed by atoms with Gasteiger partial charge in [-0.1, -0.05) is 35.9 Å². The maximum Gasteiger partial charge on any atom is 0.287 e. The Balaban J connectivity index is 1.89. The van der Waals surface area contributed by atoms with E-state index in [2.05, 4.69) is 47.7 Å². The zero-order chi connectivity index (χ0) is 27.1. The van der Waals surface area contributed by atoms with Crippen molar-refractivity contribution in [3.63, 3.8) is 0 Å². The summed E-state index contributed by atoms with van der Waals surface area (Å²) in [7, 11) is 5.26. The summed E-state index contributed by atoms with van der Waals surface area (Å²) in [5.41, 5.74) is 4.79. The van der Waals surface area contributed by atoms with Gasteiger partial charge in [0.2, 0.25) is 0 Å². The lowest BCUT2D eigenvalue weighted by molar-refractivity contribution is -0.117. The lowest BCUT2D eigenvalue weighted by Gasteiger charge is -2.13. The van der Waals surface area contributed by atoms with E-state index < -0.39 is 11.8 Å². The number of nitrogens with zero attached hydrogens (tertiary/aromatic N) is 2. The van der Waals surface area contributed by atoms with Crippen molar-refractivity contribution in [3.05, 3.63) is 91.0 Å². The van der Waals surface area contributed by atoms with Gasteiger partial charge in [0.15, 0.2) is 11.5 Å². The number of hydrogen-bond donors (Lipinski definition) is 3. The first kappa shape index (κ1) is 28.2. The second-order valence-corrected chi connectivity index (χ2v) is 9.81. The minimum absolute atomic E-state index is 0.0387. The first-order valence-corrected chi connectivity index (χ1v) is 12.7. The van der Waals surface area contributed by atoms with E-state index >= 15 is 0 Å². The van der Waals surface area contributed by atoms with Gasteiger partial charge in [0, 0.05) is 29.8 Å². The van der Waals surface area contributed by atoms with Gasteiger partial charge in [0.1, 0.15) is 5.70 Å². The number of methoxy groups -OCH3 is 1. The van der Waals surface area contributed by atoms with Crippen LogP contribution in [0.2, 0.25) is 5.02 Å². The first-order valence-electron chi connectivity index (χ1n) is 10.8. The summed E-state index contributed by atoms with van der Waals surface area (Å²) in [6.07, 6.45) is 2.91. The van der Waals surface area contributed by atoms with Gasteiger partial charge in [-0.2, -0.15) is 5.10 Å². The molecule has 2 amide bonds. The molecule has 0 bridgehead atoms. The molecule has 0 atom stereocenters. The monoisotopic (exact) mass is 648 g/mol. The van der Waals surface area contributed by atoms with E-state index in [1.54, 1.807) is 30.3 Å². The predicted molar refractivity (Wildman–Crippen MR) is 153 cm³/mol. The van der Waals surface area contributed by atoms with Crippen LogP contribution in [-0.4, -0.2) is 44.3 Å². The molecule has 3 aromatic rings. The normalized spacial score (nSPS) is 11.4. The SMILES string of the molecule is COc1cc(/C=N/NC(=O)C(=Cc2ccc(N(C)C)cc2)NC(=O)c2ccccc2Cl)c(Br)c(Br)c1O. The predicted octanol–water partition coefficient (Wildman–Crippen LogP) is 5.57. The third-order valence-corrected chi connectivity index (χ3v) is 7.58. The Bertz CT molecular complexity index is 1380. The molecule has 0 aromatic heterocycles. The third-order valence-electron chi connectivity index (χ3n) is 5.10. The zero-order valence-electron chi connectivity index (χ0n) is 20.1. The highest BCUT2D eigenvalue weighted by Gasteiger charge is 2.17. The fourth-order valence-corrected chi connectivity index (χ4v) is 4.16. The van der Waals surface area contributed by atoms with Crippen molar-refractivity contribution in [1.29, 1.82) is 0 Å². The van der Waals surface area contributed by atoms with Crippen molar-refractivity contribution < 1.29 is 19.4 Å². The number of carbonyl (C=O) groups excluding carboxylic acids is 2. The molecule has 37 heavy (non-hydrogen) atoms. The van der Waals surface area contributed by atoms with Crippen LogP contribution in [0.4, 0.5) is 5.69 Å². The minimum atomic E-state index is -0.658. The average molecular weight is 651 g/mol. The van der Waals surface area contributed by atoms with Crippen LogP contribution in [-0.2, 0) is 4.79 Å². The molecular weight excluding hydrogens is 628 g/mol. The number of rotatable bonds is 8. The van der Waals surface area contributed by atoms with Gasteiger partial charge >= 0.3 is 0 Å². The Hall–Kier alpha value is -3.34. The maximum absolute atomic E-state index is 13.1. The molecule has 0 radical (unpaired) electrons. The molecule has 0 aliphatic heterocycles. The summed E-state index contributed by atoms with van der Waals surface area (Å²) in [5, 5.41) is 17.0. The summed E-state index contributed by atoms with van der Waals surface area (Å²) < 4.78 is 6.03. The molecule has 0 saturated heterocycles. The summed E-state index contributed by atoms with van der Waals surface area (Å²) in [6, 6.07) is 15.5. The number of hydrogen-bond acceptors (Lipinski definition) is 6. The summed E-state index contributed by atoms with van der Waals surface area (Å²) >= 11 is 12.8. The summed E-state index contributed by atoms with van der Waals surface area (Å²) in [5.74, 6) is -1.06. The Labute approximate surface area is 236 Å². The lowest BCUT2D eigenvalue weighted by Crippen LogP contribution is -2.33. The summed E-state index contributed by atoms with van der Waals surface area (Å²) in [4.78, 5) is 27.9. The van der Waals surface area contributed by atoms with Crippen LogP contribution in [0, 0.1) is 0 Å². The zero-order valence-corrected chi connectivity index (χ0v) is 24.0. The van der Waals surface area contributed by atoms with Crippen molar-refractivity contribution in [2.24, 2.45) is 5.10 Å². The van der Waals surface area contributed by atoms with E-state index in [-0.39, 0.29) is 27.8 Å². The fraction of sp³-hybridized carbons (Fsp3) is 0.115. The van der Waals surface area contributed by atoms with Crippen molar-refractivity contribution >= 4 is 73.3 Å². The molecular formula is C26H23Br2ClN4O4. The molecule has 0 unspecified atom stereocenters. The van der Waals surface area contributed by atoms with Gasteiger partial charge in [-0.05, 0) is 73.8 Å². The van der Waals surface area contributed by atoms with E-state index in [1.165, 1.54) is 19.4 Å². The molecule has 0 saturated carbocycles. The molecule has 8 nitrogen and oxygen atoms in total. The first-order chi connectivity index (χ1) is 17.6. The molecule has 0 aliphatic carbocycles. The van der Waals surface area contributed by atoms with Crippen LogP contribution in [0.15, 0.2) is 74.3 Å². The van der Waals surface area contributed by atoms with Crippen molar-refractivity contribution in [3.8, 4) is 11.5 Å². The van der Waals surface area contributed by atoms with E-state index in [4.69, 9.17) is 16.3 Å². The highest BCUT2D eigenvalue weighted by Crippen LogP contribution is 2.41. The number of anilines is 1. The second-order valence-electron chi connectivity index (χ2n) is 7.82. The van der Waals surface area contributed by atoms with Crippen LogP contribution < -0.4 is 20.4 Å². The number of halogens is 3. The Kier molecular flexibility index (Phi) is 9.73. The van der Waals surface area contributed by atoms with Gasteiger partial charge < -0.3 is 20.1 Å². The van der Waals surface area contributed by atoms with E-state index in [0.717, 1.165) is 5.69 Å². The number of aromatic hydroxyl groups is 1. The number of hydrazone groups is 1. The topological polar surface area (TPSA) is 103 Å². The van der Waals surface area contributed by atoms with Gasteiger partial charge in [0.05, 0.1) is 28.4 Å². The molecule has 0 heterocycles. The van der Waals surface area contributed by atoms with Crippen LogP contribution in [0.3, 0.4) is 0 Å². The largest absolute Gasteiger partial charge is 0.503 e. The minimum Gasteiger partial charge on any atom is -0.503 e. The number of phenols is 1. The number of phenolic OH excluding ortho intramolecular Hbond substituents is 1. The van der Waals surface area contributed by atoms with Gasteiger partial charge in [0.25, 0.3) is 11.8 Å². The van der Waals surface area contributed by atoms with Crippen LogP contribution in [0.1, 0.15) is 21.5 Å². The molecule has 0 spiro atoms. The number of amides is 2. The van der Waals surface area contributed by atoms with Crippen LogP contribution >= 0.6 is 43.5 Å². The Morgan fingerprint density at radius 3 is 2.38 bits per heavy atom. The Morgan fingerprint density at radius 2 is 1.76 bits per heavy atom. The molecule has 3 N–H and O–H groups in total. The number of ether oxygens (including phenoxy) is 1. The number of carbonyl (C=O) groups is 2. The van der Waals surface area contributed by atoms with E-state index in [9.17, 15) is 14.7 Å². The summed E-state index contributed by atoms with van der Waals surface area (Å²) in [6.45, 7) is 0. The fourth-order valence-electron chi connectivity index (χ4n) is 3.11. The molecule has 0 aliphatic rings. The maximum atomic E-state index is 13.1. The molecule has 3 aromatic carbocycles. The van der Waals surface area contributed by atoms with E-state index in [0.29, 0.717) is 20.1 Å². The number of nitrogens with one attached hydrogen (secondary N) is 2. The third kappa shape index (κ3) is 7.12. The van der Waals surface area contributed by atoms with E-state index in [1.807, 2.05) is 43.3 Å². The molecule has 3 rings (SSSR count). The molecule has 192 valence electrons. The highest BCUT2D eigenvalue weighted by molar-refractivity contribution is 9.13. The molecule has 11 heteroatoms. The highest BCUT2D eigenvalue weighted by atomic mass is 79.9. The molecule has 0 fully saturated rings. The second kappa shape index (κ2) is 12.8. The van der Waals surface area contributed by atoms with Crippen molar-refractivity contribution in [1.82, 2.24) is 10.7 Å². The standard InChI is InChI=1S/C26H23Br2ClN4O4/c1-33(2)17-10-8-15(9-11-17)12-20(31-25(35)18-6-4-5-7-19(18)29)26(36)32-30-14-16-13-21(37-3)24(34)23(28)22(16)27/h4-14,34H,1-3H3,(H,31,35)(H,32,36)/b20-12?,30-14+. The Morgan fingerprint density at radius 1 is 1.08 bits per heavy atom.